The van der Waals surface area contributed by atoms with Gasteiger partial charge < -0.3 is 5.32 Å². The minimum Gasteiger partial charge on any atom is -0.313 e. The summed E-state index contributed by atoms with van der Waals surface area (Å²) >= 11 is 0. The molecule has 152 valence electrons. The van der Waals surface area contributed by atoms with E-state index in [2.05, 4.69) is 5.32 Å². The van der Waals surface area contributed by atoms with Crippen LogP contribution in [0, 0.1) is 28.7 Å². The van der Waals surface area contributed by atoms with Gasteiger partial charge in [0.05, 0.1) is 21.4 Å². The number of sulfonamides is 1. The van der Waals surface area contributed by atoms with E-state index in [1.165, 1.54) is 25.1 Å². The number of rotatable bonds is 4. The Morgan fingerprint density at radius 1 is 1.25 bits per heavy atom. The lowest BCUT2D eigenvalue weighted by Crippen LogP contribution is -2.48. The highest BCUT2D eigenvalue weighted by molar-refractivity contribution is 7.89. The predicted octanol–water partition coefficient (Wildman–Crippen LogP) is 2.94. The molecule has 1 heterocycles. The quantitative estimate of drug-likeness (QED) is 0.591. The molecule has 0 bridgehead atoms. The number of benzene rings is 2. The summed E-state index contributed by atoms with van der Waals surface area (Å²) in [5, 5.41) is 14.2. The molecule has 28 heavy (non-hydrogen) atoms. The van der Waals surface area contributed by atoms with E-state index in [-0.39, 0.29) is 31.1 Å². The monoisotopic (exact) mass is 433 g/mol. The number of nitrogens with zero attached hydrogens (tertiary/aromatic N) is 2. The molecule has 0 aliphatic carbocycles. The zero-order valence-electron chi connectivity index (χ0n) is 14.8. The van der Waals surface area contributed by atoms with Crippen LogP contribution >= 0.6 is 12.4 Å². The van der Waals surface area contributed by atoms with E-state index >= 15 is 0 Å². The molecule has 7 nitrogen and oxygen atoms in total. The minimum absolute atomic E-state index is 0. The van der Waals surface area contributed by atoms with Gasteiger partial charge in [-0.2, -0.15) is 4.31 Å². The number of hydrogen-bond donors (Lipinski definition) is 1. The van der Waals surface area contributed by atoms with E-state index in [0.717, 1.165) is 16.4 Å². The molecule has 1 saturated heterocycles. The van der Waals surface area contributed by atoms with Gasteiger partial charge in [0.15, 0.2) is 0 Å². The summed E-state index contributed by atoms with van der Waals surface area (Å²) in [6.07, 6.45) is 0. The van der Waals surface area contributed by atoms with E-state index in [0.29, 0.717) is 12.1 Å². The van der Waals surface area contributed by atoms with Crippen molar-refractivity contribution in [2.45, 2.75) is 17.9 Å². The maximum atomic E-state index is 14.1. The Morgan fingerprint density at radius 3 is 2.61 bits per heavy atom. The first-order valence-electron chi connectivity index (χ1n) is 8.14. The van der Waals surface area contributed by atoms with Crippen LogP contribution < -0.4 is 5.32 Å². The average Bonchev–Trinajstić information content (AvgIpc) is 2.63. The standard InChI is InChI=1S/C17H17F2N3O4S.ClH/c1-11-15(19)8-14(9-16(11)22(23)24)27(25,26)21-6-5-20-10-17(21)12-3-2-4-13(18)7-12;/h2-4,7-9,17,20H,5-6,10H2,1H3;1H. The lowest BCUT2D eigenvalue weighted by Gasteiger charge is -2.35. The van der Waals surface area contributed by atoms with Crippen LogP contribution in [0.5, 0.6) is 0 Å². The molecule has 1 atom stereocenters. The van der Waals surface area contributed by atoms with Crippen molar-refractivity contribution in [1.29, 1.82) is 0 Å². The molecule has 11 heteroatoms. The highest BCUT2D eigenvalue weighted by Crippen LogP contribution is 2.32. The lowest BCUT2D eigenvalue weighted by molar-refractivity contribution is -0.385. The van der Waals surface area contributed by atoms with Crippen molar-refractivity contribution in [2.24, 2.45) is 0 Å². The molecule has 0 amide bonds. The van der Waals surface area contributed by atoms with Crippen molar-refractivity contribution in [3.05, 3.63) is 69.3 Å². The molecule has 1 fully saturated rings. The van der Waals surface area contributed by atoms with Crippen molar-refractivity contribution in [1.82, 2.24) is 9.62 Å². The Labute approximate surface area is 167 Å². The number of nitrogens with one attached hydrogen (secondary N) is 1. The maximum absolute atomic E-state index is 14.1. The summed E-state index contributed by atoms with van der Waals surface area (Å²) in [7, 11) is -4.24. The summed E-state index contributed by atoms with van der Waals surface area (Å²) in [4.78, 5) is 9.81. The predicted molar refractivity (Wildman–Crippen MR) is 101 cm³/mol. The van der Waals surface area contributed by atoms with E-state index in [1.54, 1.807) is 6.07 Å². The van der Waals surface area contributed by atoms with Gasteiger partial charge in [0.1, 0.15) is 11.6 Å². The van der Waals surface area contributed by atoms with E-state index in [4.69, 9.17) is 0 Å². The largest absolute Gasteiger partial charge is 0.313 e. The van der Waals surface area contributed by atoms with Crippen LogP contribution in [0.3, 0.4) is 0 Å². The van der Waals surface area contributed by atoms with Crippen molar-refractivity contribution in [2.75, 3.05) is 19.6 Å². The highest BCUT2D eigenvalue weighted by atomic mass is 35.5. The molecule has 2 aromatic carbocycles. The van der Waals surface area contributed by atoms with Gasteiger partial charge >= 0.3 is 0 Å². The summed E-state index contributed by atoms with van der Waals surface area (Å²) in [6.45, 7) is 1.86. The Bertz CT molecular complexity index is 1000. The number of nitro benzene ring substituents is 1. The fourth-order valence-corrected chi connectivity index (χ4v) is 4.73. The molecule has 1 unspecified atom stereocenters. The third kappa shape index (κ3) is 4.14. The number of hydrogen-bond acceptors (Lipinski definition) is 5. The van der Waals surface area contributed by atoms with Gasteiger partial charge in [0.25, 0.3) is 5.69 Å². The third-order valence-corrected chi connectivity index (χ3v) is 6.41. The summed E-state index contributed by atoms with van der Waals surface area (Å²) in [6, 6.07) is 6.47. The molecular weight excluding hydrogens is 416 g/mol. The molecule has 1 aliphatic rings. The molecule has 0 spiro atoms. The Hall–Kier alpha value is -2.14. The molecule has 0 saturated carbocycles. The van der Waals surface area contributed by atoms with Crippen LogP contribution in [0.15, 0.2) is 41.3 Å². The Kier molecular flexibility index (Phi) is 6.71. The second-order valence-corrected chi connectivity index (χ2v) is 8.09. The maximum Gasteiger partial charge on any atom is 0.276 e. The SMILES string of the molecule is Cc1c(F)cc(S(=O)(=O)N2CCNCC2c2cccc(F)c2)cc1[N+](=O)[O-].Cl. The molecule has 0 radical (unpaired) electrons. The van der Waals surface area contributed by atoms with Crippen molar-refractivity contribution in [3.63, 3.8) is 0 Å². The van der Waals surface area contributed by atoms with Crippen LogP contribution in [0.1, 0.15) is 17.2 Å². The second kappa shape index (κ2) is 8.48. The summed E-state index contributed by atoms with van der Waals surface area (Å²) in [5.74, 6) is -1.48. The fourth-order valence-electron chi connectivity index (χ4n) is 3.09. The first-order valence-corrected chi connectivity index (χ1v) is 9.58. The van der Waals surface area contributed by atoms with Crippen molar-refractivity contribution < 1.29 is 22.1 Å². The second-order valence-electron chi connectivity index (χ2n) is 6.20. The molecule has 1 aliphatic heterocycles. The summed E-state index contributed by atoms with van der Waals surface area (Å²) < 4.78 is 55.1. The summed E-state index contributed by atoms with van der Waals surface area (Å²) in [5.41, 5.74) is -0.403. The van der Waals surface area contributed by atoms with Crippen LogP contribution in [0.2, 0.25) is 0 Å². The van der Waals surface area contributed by atoms with Gasteiger partial charge in [-0.25, -0.2) is 17.2 Å². The van der Waals surface area contributed by atoms with Gasteiger partial charge in [0, 0.05) is 25.7 Å². The molecular formula is C17H18ClF2N3O4S. The topological polar surface area (TPSA) is 92.6 Å². The van der Waals surface area contributed by atoms with E-state index in [9.17, 15) is 27.3 Å². The van der Waals surface area contributed by atoms with Crippen LogP contribution in [0.4, 0.5) is 14.5 Å². The van der Waals surface area contributed by atoms with Crippen molar-refractivity contribution >= 4 is 28.1 Å². The van der Waals surface area contributed by atoms with Crippen LogP contribution in [0.25, 0.3) is 0 Å². The first-order chi connectivity index (χ1) is 12.7. The highest BCUT2D eigenvalue weighted by Gasteiger charge is 2.36. The van der Waals surface area contributed by atoms with Gasteiger partial charge in [-0.3, -0.25) is 10.1 Å². The van der Waals surface area contributed by atoms with E-state index < -0.39 is 43.2 Å². The zero-order valence-corrected chi connectivity index (χ0v) is 16.4. The normalized spacial score (nSPS) is 17.8. The zero-order chi connectivity index (χ0) is 19.8. The Balaban J connectivity index is 0.00000280. The third-order valence-electron chi connectivity index (χ3n) is 4.52. The average molecular weight is 434 g/mol. The number of piperazine rings is 1. The number of halogens is 3. The molecule has 0 aromatic heterocycles. The minimum atomic E-state index is -4.24. The van der Waals surface area contributed by atoms with Gasteiger partial charge in [0.2, 0.25) is 10.0 Å². The molecule has 2 aromatic rings. The van der Waals surface area contributed by atoms with Crippen LogP contribution in [-0.2, 0) is 10.0 Å². The molecule has 1 N–H and O–H groups in total. The smallest absolute Gasteiger partial charge is 0.276 e. The first kappa shape index (κ1) is 22.2. The fraction of sp³-hybridized carbons (Fsp3) is 0.294. The van der Waals surface area contributed by atoms with Gasteiger partial charge in [-0.1, -0.05) is 12.1 Å². The van der Waals surface area contributed by atoms with Crippen molar-refractivity contribution in [3.8, 4) is 0 Å². The number of nitro groups is 1. The van der Waals surface area contributed by atoms with Gasteiger partial charge in [-0.05, 0) is 30.7 Å². The Morgan fingerprint density at radius 2 is 1.96 bits per heavy atom. The lowest BCUT2D eigenvalue weighted by atomic mass is 10.1. The molecule has 3 rings (SSSR count). The van der Waals surface area contributed by atoms with E-state index in [1.807, 2.05) is 0 Å². The van der Waals surface area contributed by atoms with Gasteiger partial charge in [-0.15, -0.1) is 12.4 Å². The van der Waals surface area contributed by atoms with Crippen LogP contribution in [-0.4, -0.2) is 37.3 Å².